The minimum absolute atomic E-state index is 0.226. The topological polar surface area (TPSA) is 72.8 Å². The zero-order valence-corrected chi connectivity index (χ0v) is 12.4. The van der Waals surface area contributed by atoms with E-state index >= 15 is 0 Å². The van der Waals surface area contributed by atoms with Crippen molar-refractivity contribution >= 4 is 5.91 Å². The van der Waals surface area contributed by atoms with Crippen LogP contribution in [0, 0.1) is 16.7 Å². The Morgan fingerprint density at radius 1 is 1.50 bits per heavy atom. The Morgan fingerprint density at radius 2 is 2.18 bits per heavy atom. The van der Waals surface area contributed by atoms with Gasteiger partial charge in [-0.3, -0.25) is 9.89 Å². The van der Waals surface area contributed by atoms with Crippen LogP contribution in [0.25, 0.3) is 0 Å². The largest absolute Gasteiger partial charge is 0.435 e. The van der Waals surface area contributed by atoms with E-state index in [9.17, 15) is 18.0 Å². The van der Waals surface area contributed by atoms with Gasteiger partial charge in [0.1, 0.15) is 5.41 Å². The quantitative estimate of drug-likeness (QED) is 0.912. The van der Waals surface area contributed by atoms with Crippen molar-refractivity contribution < 1.29 is 18.0 Å². The molecule has 1 aliphatic rings. The third kappa shape index (κ3) is 3.24. The number of nitriles is 1. The van der Waals surface area contributed by atoms with Crippen LogP contribution in [0.2, 0.25) is 0 Å². The number of nitrogens with zero attached hydrogens (tertiary/aromatic N) is 3. The van der Waals surface area contributed by atoms with Crippen molar-refractivity contribution in [1.82, 2.24) is 15.1 Å². The maximum atomic E-state index is 12.6. The third-order valence-corrected chi connectivity index (χ3v) is 3.85. The maximum absolute atomic E-state index is 12.6. The molecule has 1 atom stereocenters. The lowest BCUT2D eigenvalue weighted by atomic mass is 9.89. The molecule has 0 saturated carbocycles. The van der Waals surface area contributed by atoms with Gasteiger partial charge >= 0.3 is 6.18 Å². The number of carbonyl (C=O) groups excluding carboxylic acids is 1. The van der Waals surface area contributed by atoms with Gasteiger partial charge in [-0.2, -0.15) is 23.5 Å². The number of amides is 1. The molecule has 0 spiro atoms. The van der Waals surface area contributed by atoms with E-state index in [1.807, 2.05) is 6.07 Å². The first kappa shape index (κ1) is 16.3. The highest BCUT2D eigenvalue weighted by atomic mass is 19.4. The number of halogens is 3. The SMILES string of the molecule is CC(C)(C#N)C(=O)N1CCC[C@H](c2cc(C(F)(F)F)n[nH]2)C1. The number of nitrogens with one attached hydrogen (secondary N) is 1. The van der Waals surface area contributed by atoms with Crippen LogP contribution in [-0.2, 0) is 11.0 Å². The Morgan fingerprint density at radius 3 is 2.73 bits per heavy atom. The van der Waals surface area contributed by atoms with Crippen LogP contribution in [0.3, 0.4) is 0 Å². The van der Waals surface area contributed by atoms with Crippen molar-refractivity contribution in [3.63, 3.8) is 0 Å². The predicted molar refractivity (Wildman–Crippen MR) is 71.5 cm³/mol. The lowest BCUT2D eigenvalue weighted by molar-refractivity contribution is -0.141. The van der Waals surface area contributed by atoms with Gasteiger partial charge in [-0.15, -0.1) is 0 Å². The average Bonchev–Trinajstić information content (AvgIpc) is 2.96. The molecule has 2 rings (SSSR count). The average molecular weight is 314 g/mol. The highest BCUT2D eigenvalue weighted by molar-refractivity contribution is 5.84. The van der Waals surface area contributed by atoms with Crippen molar-refractivity contribution in [2.24, 2.45) is 5.41 Å². The number of carbonyl (C=O) groups is 1. The second-order valence-corrected chi connectivity index (χ2v) is 6.03. The summed E-state index contributed by atoms with van der Waals surface area (Å²) in [6.45, 7) is 3.89. The molecule has 22 heavy (non-hydrogen) atoms. The fourth-order valence-corrected chi connectivity index (χ4v) is 2.55. The Kier molecular flexibility index (Phi) is 4.18. The van der Waals surface area contributed by atoms with Crippen LogP contribution in [-0.4, -0.2) is 34.1 Å². The van der Waals surface area contributed by atoms with Crippen molar-refractivity contribution in [1.29, 1.82) is 5.26 Å². The molecule has 0 bridgehead atoms. The van der Waals surface area contributed by atoms with Crippen LogP contribution in [0.4, 0.5) is 13.2 Å². The Balaban J connectivity index is 2.13. The van der Waals surface area contributed by atoms with Gasteiger partial charge in [0.2, 0.25) is 5.91 Å². The van der Waals surface area contributed by atoms with E-state index in [0.717, 1.165) is 6.07 Å². The van der Waals surface area contributed by atoms with Crippen molar-refractivity contribution in [2.45, 2.75) is 38.8 Å². The summed E-state index contributed by atoms with van der Waals surface area (Å²) in [4.78, 5) is 13.8. The van der Waals surface area contributed by atoms with Crippen LogP contribution in [0.5, 0.6) is 0 Å². The molecule has 1 N–H and O–H groups in total. The predicted octanol–water partition coefficient (Wildman–Crippen LogP) is 2.68. The molecule has 1 aliphatic heterocycles. The molecular formula is C14H17F3N4O. The van der Waals surface area contributed by atoms with Gasteiger partial charge in [0.25, 0.3) is 0 Å². The summed E-state index contributed by atoms with van der Waals surface area (Å²) in [5.74, 6) is -0.522. The van der Waals surface area contributed by atoms with E-state index in [4.69, 9.17) is 5.26 Å². The number of H-pyrrole nitrogens is 1. The molecule has 1 fully saturated rings. The zero-order valence-electron chi connectivity index (χ0n) is 12.4. The number of alkyl halides is 3. The lowest BCUT2D eigenvalue weighted by Crippen LogP contribution is -2.45. The van der Waals surface area contributed by atoms with E-state index in [1.54, 1.807) is 4.90 Å². The van der Waals surface area contributed by atoms with Gasteiger partial charge in [0, 0.05) is 24.7 Å². The monoisotopic (exact) mass is 314 g/mol. The fraction of sp³-hybridized carbons (Fsp3) is 0.643. The summed E-state index contributed by atoms with van der Waals surface area (Å²) < 4.78 is 37.8. The first-order valence-corrected chi connectivity index (χ1v) is 6.98. The van der Waals surface area contributed by atoms with E-state index in [0.29, 0.717) is 31.6 Å². The van der Waals surface area contributed by atoms with Gasteiger partial charge in [-0.05, 0) is 32.8 Å². The van der Waals surface area contributed by atoms with Gasteiger partial charge in [0.05, 0.1) is 6.07 Å². The fourth-order valence-electron chi connectivity index (χ4n) is 2.55. The van der Waals surface area contributed by atoms with E-state index < -0.39 is 17.3 Å². The Hall–Kier alpha value is -2.04. The summed E-state index contributed by atoms with van der Waals surface area (Å²) in [6.07, 6.45) is -3.13. The lowest BCUT2D eigenvalue weighted by Gasteiger charge is -2.35. The Bertz CT molecular complexity index is 600. The summed E-state index contributed by atoms with van der Waals surface area (Å²) in [5.41, 5.74) is -1.71. The first-order valence-electron chi connectivity index (χ1n) is 6.98. The molecule has 0 radical (unpaired) electrons. The van der Waals surface area contributed by atoms with Gasteiger partial charge in [0.15, 0.2) is 5.69 Å². The second kappa shape index (κ2) is 5.63. The van der Waals surface area contributed by atoms with Gasteiger partial charge in [-0.1, -0.05) is 0 Å². The number of likely N-dealkylation sites (tertiary alicyclic amines) is 1. The minimum Gasteiger partial charge on any atom is -0.341 e. The van der Waals surface area contributed by atoms with Crippen LogP contribution < -0.4 is 0 Å². The number of hydrogen-bond donors (Lipinski definition) is 1. The number of hydrogen-bond acceptors (Lipinski definition) is 3. The summed E-state index contributed by atoms with van der Waals surface area (Å²) in [7, 11) is 0. The molecule has 5 nitrogen and oxygen atoms in total. The molecule has 1 aromatic heterocycles. The molecular weight excluding hydrogens is 297 g/mol. The summed E-state index contributed by atoms with van der Waals surface area (Å²) in [6, 6.07) is 2.95. The highest BCUT2D eigenvalue weighted by Gasteiger charge is 2.37. The van der Waals surface area contributed by atoms with E-state index in [1.165, 1.54) is 13.8 Å². The first-order chi connectivity index (χ1) is 10.1. The van der Waals surface area contributed by atoms with E-state index in [2.05, 4.69) is 10.2 Å². The zero-order chi connectivity index (χ0) is 16.5. The second-order valence-electron chi connectivity index (χ2n) is 6.03. The minimum atomic E-state index is -4.48. The third-order valence-electron chi connectivity index (χ3n) is 3.85. The molecule has 1 aromatic rings. The summed E-state index contributed by atoms with van der Waals surface area (Å²) >= 11 is 0. The van der Waals surface area contributed by atoms with Crippen molar-refractivity contribution in [3.8, 4) is 6.07 Å². The molecule has 0 aliphatic carbocycles. The molecule has 2 heterocycles. The number of aromatic amines is 1. The van der Waals surface area contributed by atoms with Crippen LogP contribution in [0.1, 0.15) is 44.0 Å². The molecule has 120 valence electrons. The smallest absolute Gasteiger partial charge is 0.341 e. The van der Waals surface area contributed by atoms with Crippen molar-refractivity contribution in [3.05, 3.63) is 17.5 Å². The molecule has 0 unspecified atom stereocenters. The Labute approximate surface area is 126 Å². The summed E-state index contributed by atoms with van der Waals surface area (Å²) in [5, 5.41) is 14.7. The molecule has 0 aromatic carbocycles. The van der Waals surface area contributed by atoms with Crippen molar-refractivity contribution in [2.75, 3.05) is 13.1 Å². The number of piperidine rings is 1. The van der Waals surface area contributed by atoms with Crippen LogP contribution in [0.15, 0.2) is 6.07 Å². The van der Waals surface area contributed by atoms with Gasteiger partial charge in [-0.25, -0.2) is 0 Å². The normalized spacial score (nSPS) is 19.8. The molecule has 1 amide bonds. The standard InChI is InChI=1S/C14H17F3N4O/c1-13(2,8-18)12(22)21-5-3-4-9(7-21)10-6-11(20-19-10)14(15,16)17/h6,9H,3-5,7H2,1-2H3,(H,19,20)/t9-/m0/s1. The number of aromatic nitrogens is 2. The maximum Gasteiger partial charge on any atom is 0.435 e. The van der Waals surface area contributed by atoms with E-state index in [-0.39, 0.29) is 11.8 Å². The van der Waals surface area contributed by atoms with Crippen LogP contribution >= 0.6 is 0 Å². The molecule has 8 heteroatoms. The molecule has 1 saturated heterocycles. The highest BCUT2D eigenvalue weighted by Crippen LogP contribution is 2.33. The van der Waals surface area contributed by atoms with Gasteiger partial charge < -0.3 is 4.90 Å². The number of rotatable bonds is 2.